The zero-order valence-corrected chi connectivity index (χ0v) is 13.6. The van der Waals surface area contributed by atoms with Gasteiger partial charge in [0.25, 0.3) is 0 Å². The number of amides is 1. The van der Waals surface area contributed by atoms with Crippen LogP contribution in [0.4, 0.5) is 5.69 Å². The molecule has 0 radical (unpaired) electrons. The van der Waals surface area contributed by atoms with Crippen molar-refractivity contribution in [3.63, 3.8) is 0 Å². The number of hydrogen-bond donors (Lipinski definition) is 3. The van der Waals surface area contributed by atoms with Gasteiger partial charge in [-0.2, -0.15) is 11.8 Å². The molecule has 2 rings (SSSR count). The molecule has 1 saturated heterocycles. The molecule has 6 nitrogen and oxygen atoms in total. The Morgan fingerprint density at radius 3 is 2.81 bits per heavy atom. The first kappa shape index (κ1) is 16.3. The number of sulfonamides is 1. The minimum atomic E-state index is -3.53. The molecule has 0 spiro atoms. The second kappa shape index (κ2) is 6.78. The molecule has 116 valence electrons. The third-order valence-electron chi connectivity index (χ3n) is 3.25. The molecule has 3 N–H and O–H groups in total. The monoisotopic (exact) mass is 329 g/mol. The van der Waals surface area contributed by atoms with Crippen LogP contribution in [0.3, 0.4) is 0 Å². The first-order valence-corrected chi connectivity index (χ1v) is 9.24. The second-order valence-electron chi connectivity index (χ2n) is 4.76. The van der Waals surface area contributed by atoms with Gasteiger partial charge in [0.15, 0.2) is 0 Å². The van der Waals surface area contributed by atoms with E-state index in [0.717, 1.165) is 18.1 Å². The number of carbonyl (C=O) groups is 1. The fraction of sp³-hybridized carbons (Fsp3) is 0.462. The number of hydrogen-bond acceptors (Lipinski definition) is 5. The molecule has 1 aromatic rings. The van der Waals surface area contributed by atoms with Gasteiger partial charge in [0.1, 0.15) is 0 Å². The summed E-state index contributed by atoms with van der Waals surface area (Å²) in [6.07, 6.45) is 0. The van der Waals surface area contributed by atoms with Gasteiger partial charge in [0, 0.05) is 23.7 Å². The van der Waals surface area contributed by atoms with E-state index in [2.05, 4.69) is 15.4 Å². The summed E-state index contributed by atoms with van der Waals surface area (Å²) in [5.74, 6) is 1.58. The molecule has 1 aromatic carbocycles. The SMILES string of the molecule is CNS(=O)(=O)c1cc(NC(=O)C2CSCCN2)ccc1C. The number of nitrogens with one attached hydrogen (secondary N) is 3. The third kappa shape index (κ3) is 3.97. The maximum absolute atomic E-state index is 12.1. The molecule has 0 aromatic heterocycles. The lowest BCUT2D eigenvalue weighted by Crippen LogP contribution is -2.46. The van der Waals surface area contributed by atoms with E-state index >= 15 is 0 Å². The lowest BCUT2D eigenvalue weighted by atomic mass is 10.2. The summed E-state index contributed by atoms with van der Waals surface area (Å²) in [4.78, 5) is 12.3. The topological polar surface area (TPSA) is 87.3 Å². The summed E-state index contributed by atoms with van der Waals surface area (Å²) in [5, 5.41) is 5.91. The van der Waals surface area contributed by atoms with E-state index in [0.29, 0.717) is 11.3 Å². The predicted molar refractivity (Wildman–Crippen MR) is 85.2 cm³/mol. The van der Waals surface area contributed by atoms with Crippen LogP contribution < -0.4 is 15.4 Å². The Bertz CT molecular complexity index is 626. The number of anilines is 1. The van der Waals surface area contributed by atoms with Gasteiger partial charge in [-0.25, -0.2) is 13.1 Å². The van der Waals surface area contributed by atoms with Crippen LogP contribution in [0.5, 0.6) is 0 Å². The number of thioether (sulfide) groups is 1. The molecule has 1 aliphatic heterocycles. The molecular formula is C13H19N3O3S2. The van der Waals surface area contributed by atoms with Crippen molar-refractivity contribution in [3.05, 3.63) is 23.8 Å². The van der Waals surface area contributed by atoms with Crippen LogP contribution >= 0.6 is 11.8 Å². The number of carbonyl (C=O) groups excluding carboxylic acids is 1. The molecule has 0 bridgehead atoms. The summed E-state index contributed by atoms with van der Waals surface area (Å²) in [7, 11) is -2.17. The normalized spacial score (nSPS) is 19.2. The molecule has 1 unspecified atom stereocenters. The molecular weight excluding hydrogens is 310 g/mol. The molecule has 1 heterocycles. The van der Waals surface area contributed by atoms with Crippen molar-refractivity contribution in [1.29, 1.82) is 0 Å². The van der Waals surface area contributed by atoms with Crippen LogP contribution in [0, 0.1) is 6.92 Å². The average Bonchev–Trinajstić information content (AvgIpc) is 2.50. The minimum absolute atomic E-state index is 0.140. The quantitative estimate of drug-likeness (QED) is 0.751. The Balaban J connectivity index is 2.17. The summed E-state index contributed by atoms with van der Waals surface area (Å²) in [6, 6.07) is 4.63. The third-order valence-corrected chi connectivity index (χ3v) is 5.87. The summed E-state index contributed by atoms with van der Waals surface area (Å²) in [5.41, 5.74) is 1.12. The van der Waals surface area contributed by atoms with Crippen LogP contribution in [-0.2, 0) is 14.8 Å². The maximum atomic E-state index is 12.1. The van der Waals surface area contributed by atoms with Crippen molar-refractivity contribution in [3.8, 4) is 0 Å². The molecule has 0 aliphatic carbocycles. The van der Waals surface area contributed by atoms with Gasteiger partial charge >= 0.3 is 0 Å². The van der Waals surface area contributed by atoms with Gasteiger partial charge in [-0.15, -0.1) is 0 Å². The number of aryl methyl sites for hydroxylation is 1. The maximum Gasteiger partial charge on any atom is 0.242 e. The van der Waals surface area contributed by atoms with Gasteiger partial charge in [-0.3, -0.25) is 4.79 Å². The van der Waals surface area contributed by atoms with E-state index in [1.54, 1.807) is 30.8 Å². The van der Waals surface area contributed by atoms with Crippen LogP contribution in [0.25, 0.3) is 0 Å². The lowest BCUT2D eigenvalue weighted by molar-refractivity contribution is -0.117. The molecule has 21 heavy (non-hydrogen) atoms. The summed E-state index contributed by atoms with van der Waals surface area (Å²) >= 11 is 1.73. The molecule has 1 aliphatic rings. The molecule has 1 fully saturated rings. The van der Waals surface area contributed by atoms with Gasteiger partial charge in [0.05, 0.1) is 10.9 Å². The average molecular weight is 329 g/mol. The fourth-order valence-corrected chi connectivity index (χ4v) is 3.97. The highest BCUT2D eigenvalue weighted by Crippen LogP contribution is 2.20. The van der Waals surface area contributed by atoms with Crippen molar-refractivity contribution >= 4 is 33.4 Å². The van der Waals surface area contributed by atoms with E-state index in [-0.39, 0.29) is 16.8 Å². The van der Waals surface area contributed by atoms with Crippen molar-refractivity contribution in [2.75, 3.05) is 30.4 Å². The fourth-order valence-electron chi connectivity index (χ4n) is 2.04. The Kier molecular flexibility index (Phi) is 5.26. The first-order valence-electron chi connectivity index (χ1n) is 6.60. The molecule has 1 amide bonds. The smallest absolute Gasteiger partial charge is 0.242 e. The molecule has 1 atom stereocenters. The molecule has 8 heteroatoms. The van der Waals surface area contributed by atoms with Crippen molar-refractivity contribution in [2.45, 2.75) is 17.9 Å². The van der Waals surface area contributed by atoms with E-state index < -0.39 is 10.0 Å². The Hall–Kier alpha value is -1.09. The zero-order valence-electron chi connectivity index (χ0n) is 12.0. The number of rotatable bonds is 4. The van der Waals surface area contributed by atoms with Gasteiger partial charge < -0.3 is 10.6 Å². The standard InChI is InChI=1S/C13H19N3O3S2/c1-9-3-4-10(7-12(9)21(18,19)14-2)16-13(17)11-8-20-6-5-15-11/h3-4,7,11,14-15H,5-6,8H2,1-2H3,(H,16,17). The van der Waals surface area contributed by atoms with Crippen molar-refractivity contribution < 1.29 is 13.2 Å². The van der Waals surface area contributed by atoms with Crippen LogP contribution in [0.2, 0.25) is 0 Å². The van der Waals surface area contributed by atoms with Gasteiger partial charge in [-0.1, -0.05) is 6.07 Å². The van der Waals surface area contributed by atoms with Crippen molar-refractivity contribution in [2.24, 2.45) is 0 Å². The Morgan fingerprint density at radius 2 is 2.19 bits per heavy atom. The molecule has 0 saturated carbocycles. The second-order valence-corrected chi connectivity index (χ2v) is 7.76. The first-order chi connectivity index (χ1) is 9.94. The minimum Gasteiger partial charge on any atom is -0.325 e. The van der Waals surface area contributed by atoms with E-state index in [1.165, 1.54) is 13.1 Å². The highest BCUT2D eigenvalue weighted by molar-refractivity contribution is 7.99. The number of benzene rings is 1. The van der Waals surface area contributed by atoms with Crippen LogP contribution in [0.15, 0.2) is 23.1 Å². The summed E-state index contributed by atoms with van der Waals surface area (Å²) in [6.45, 7) is 2.52. The van der Waals surface area contributed by atoms with Crippen LogP contribution in [0.1, 0.15) is 5.56 Å². The van der Waals surface area contributed by atoms with Gasteiger partial charge in [0.2, 0.25) is 15.9 Å². The van der Waals surface area contributed by atoms with Crippen molar-refractivity contribution in [1.82, 2.24) is 10.0 Å². The predicted octanol–water partition coefficient (Wildman–Crippen LogP) is 0.547. The lowest BCUT2D eigenvalue weighted by Gasteiger charge is -2.22. The van der Waals surface area contributed by atoms with E-state index in [4.69, 9.17) is 0 Å². The van der Waals surface area contributed by atoms with Crippen LogP contribution in [-0.4, -0.2) is 45.5 Å². The highest BCUT2D eigenvalue weighted by Gasteiger charge is 2.22. The largest absolute Gasteiger partial charge is 0.325 e. The Morgan fingerprint density at radius 1 is 1.43 bits per heavy atom. The Labute approximate surface area is 129 Å². The highest BCUT2D eigenvalue weighted by atomic mass is 32.2. The zero-order chi connectivity index (χ0) is 15.5. The van der Waals surface area contributed by atoms with E-state index in [9.17, 15) is 13.2 Å². The van der Waals surface area contributed by atoms with E-state index in [1.807, 2.05) is 0 Å². The summed E-state index contributed by atoms with van der Waals surface area (Å²) < 4.78 is 26.1. The van der Waals surface area contributed by atoms with Gasteiger partial charge in [-0.05, 0) is 31.7 Å².